The van der Waals surface area contributed by atoms with Crippen molar-refractivity contribution in [3.05, 3.63) is 58.4 Å². The van der Waals surface area contributed by atoms with Gasteiger partial charge in [0.2, 0.25) is 0 Å². The van der Waals surface area contributed by atoms with Crippen molar-refractivity contribution >= 4 is 11.0 Å². The molecule has 0 unspecified atom stereocenters. The van der Waals surface area contributed by atoms with Crippen molar-refractivity contribution < 1.29 is 17.9 Å². The number of halogens is 3. The molecule has 0 amide bonds. The highest BCUT2D eigenvalue weighted by Gasteiger charge is 2.79. The van der Waals surface area contributed by atoms with E-state index >= 15 is 0 Å². The summed E-state index contributed by atoms with van der Waals surface area (Å²) in [5.41, 5.74) is 4.59. The summed E-state index contributed by atoms with van der Waals surface area (Å²) in [6, 6.07) is 6.02. The third-order valence-corrected chi connectivity index (χ3v) is 8.21. The van der Waals surface area contributed by atoms with E-state index in [1.165, 1.54) is 0 Å². The van der Waals surface area contributed by atoms with Crippen molar-refractivity contribution in [3.8, 4) is 0 Å². The van der Waals surface area contributed by atoms with E-state index < -0.39 is 17.0 Å². The van der Waals surface area contributed by atoms with Crippen LogP contribution in [0.25, 0.3) is 11.0 Å². The van der Waals surface area contributed by atoms with Crippen LogP contribution in [0.1, 0.15) is 78.2 Å². The van der Waals surface area contributed by atoms with Gasteiger partial charge in [-0.1, -0.05) is 0 Å². The minimum atomic E-state index is -4.16. The van der Waals surface area contributed by atoms with E-state index in [2.05, 4.69) is 4.98 Å². The second kappa shape index (κ2) is 7.20. The first-order valence-electron chi connectivity index (χ1n) is 11.9. The number of pyridine rings is 2. The lowest BCUT2D eigenvalue weighted by Crippen LogP contribution is -2.70. The van der Waals surface area contributed by atoms with Crippen molar-refractivity contribution in [2.75, 3.05) is 6.61 Å². The molecular weight excluding hydrogens is 441 g/mol. The van der Waals surface area contributed by atoms with Crippen molar-refractivity contribution in [3.63, 3.8) is 0 Å². The smallest absolute Gasteiger partial charge is 0.373 e. The van der Waals surface area contributed by atoms with Gasteiger partial charge in [0.1, 0.15) is 5.52 Å². The van der Waals surface area contributed by atoms with Crippen LogP contribution in [0.3, 0.4) is 0 Å². The maximum absolute atomic E-state index is 13.6. The minimum absolute atomic E-state index is 0.0596. The second-order valence-corrected chi connectivity index (χ2v) is 10.6. The molecule has 0 aromatic carbocycles. The van der Waals surface area contributed by atoms with Crippen LogP contribution < -0.4 is 0 Å². The average Bonchev–Trinajstić information content (AvgIpc) is 2.72. The van der Waals surface area contributed by atoms with E-state index in [0.717, 1.165) is 46.7 Å². The molecule has 0 spiro atoms. The molecule has 178 valence electrons. The summed E-state index contributed by atoms with van der Waals surface area (Å²) in [7, 11) is 0. The zero-order valence-electron chi connectivity index (χ0n) is 19.5. The summed E-state index contributed by atoms with van der Waals surface area (Å²) >= 11 is 0. The highest BCUT2D eigenvalue weighted by atomic mass is 19.4. The fourth-order valence-electron chi connectivity index (χ4n) is 6.23. The maximum atomic E-state index is 13.6. The SMILES string of the molecule is Cc1cc([C@H]2C[C@H](c3cc4nc(C)c(C)nc4c(C45CC(C(F)(F)F)(C4)C5)n3)CCO2)ccn1. The third-order valence-electron chi connectivity index (χ3n) is 8.21. The molecule has 1 aliphatic heterocycles. The Labute approximate surface area is 196 Å². The molecule has 4 heterocycles. The van der Waals surface area contributed by atoms with Crippen LogP contribution in [0.4, 0.5) is 13.2 Å². The molecule has 2 bridgehead atoms. The summed E-state index contributed by atoms with van der Waals surface area (Å²) < 4.78 is 46.8. The Bertz CT molecular complexity index is 1290. The van der Waals surface area contributed by atoms with Crippen LogP contribution in [0.15, 0.2) is 24.4 Å². The van der Waals surface area contributed by atoms with Crippen LogP contribution in [0.2, 0.25) is 0 Å². The summed E-state index contributed by atoms with van der Waals surface area (Å²) in [6.07, 6.45) is -0.518. The van der Waals surface area contributed by atoms with Gasteiger partial charge in [-0.25, -0.2) is 9.97 Å². The van der Waals surface area contributed by atoms with Crippen LogP contribution in [0.5, 0.6) is 0 Å². The fraction of sp³-hybridized carbons (Fsp3) is 0.538. The number of fused-ring (bicyclic) bond motifs is 1. The maximum Gasteiger partial charge on any atom is 0.394 e. The average molecular weight is 469 g/mol. The van der Waals surface area contributed by atoms with E-state index in [1.807, 2.05) is 39.0 Å². The number of ether oxygens (including phenoxy) is 1. The third kappa shape index (κ3) is 3.17. The predicted octanol–water partition coefficient (Wildman–Crippen LogP) is 5.96. The quantitative estimate of drug-likeness (QED) is 0.474. The first-order valence-corrected chi connectivity index (χ1v) is 11.9. The molecule has 3 aliphatic carbocycles. The van der Waals surface area contributed by atoms with Gasteiger partial charge < -0.3 is 4.74 Å². The Morgan fingerprint density at radius 2 is 1.74 bits per heavy atom. The van der Waals surface area contributed by atoms with Gasteiger partial charge in [0, 0.05) is 35.5 Å². The molecule has 5 nitrogen and oxygen atoms in total. The Balaban J connectivity index is 1.39. The molecule has 0 radical (unpaired) electrons. The van der Waals surface area contributed by atoms with Gasteiger partial charge in [-0.05, 0) is 76.6 Å². The van der Waals surface area contributed by atoms with Gasteiger partial charge in [-0.15, -0.1) is 0 Å². The number of hydrogen-bond acceptors (Lipinski definition) is 5. The highest BCUT2D eigenvalue weighted by molar-refractivity contribution is 5.79. The van der Waals surface area contributed by atoms with Crippen molar-refractivity contribution in [2.45, 2.75) is 76.5 Å². The van der Waals surface area contributed by atoms with Crippen molar-refractivity contribution in [1.29, 1.82) is 0 Å². The van der Waals surface area contributed by atoms with E-state index in [4.69, 9.17) is 19.7 Å². The Morgan fingerprint density at radius 1 is 1.00 bits per heavy atom. The summed E-state index contributed by atoms with van der Waals surface area (Å²) in [6.45, 7) is 6.37. The number of nitrogens with zero attached hydrogens (tertiary/aromatic N) is 4. The number of aromatic nitrogens is 4. The molecular formula is C26H27F3N4O. The molecule has 3 saturated carbocycles. The zero-order chi connectivity index (χ0) is 23.9. The van der Waals surface area contributed by atoms with Crippen LogP contribution in [-0.2, 0) is 10.2 Å². The lowest BCUT2D eigenvalue weighted by atomic mass is 9.34. The van der Waals surface area contributed by atoms with Gasteiger partial charge >= 0.3 is 6.18 Å². The van der Waals surface area contributed by atoms with Gasteiger partial charge in [0.05, 0.1) is 34.1 Å². The van der Waals surface area contributed by atoms with Crippen molar-refractivity contribution in [1.82, 2.24) is 19.9 Å². The van der Waals surface area contributed by atoms with Crippen LogP contribution >= 0.6 is 0 Å². The standard InChI is InChI=1S/C26H27F3N4O/c1-14-8-18(4-6-30-14)21-9-17(5-7-34-21)19-10-20-22(32-16(3)15(2)31-20)23(33-19)24-11-25(12-24,13-24)26(27,28)29/h4,6,8,10,17,21H,5,7,9,11-13H2,1-3H3/t17-,21-,24?,25?/m1/s1. The lowest BCUT2D eigenvalue weighted by Gasteiger charge is -2.70. The second-order valence-electron chi connectivity index (χ2n) is 10.6. The van der Waals surface area contributed by atoms with Crippen LogP contribution in [0, 0.1) is 26.2 Å². The fourth-order valence-corrected chi connectivity index (χ4v) is 6.23. The molecule has 8 heteroatoms. The molecule has 4 fully saturated rings. The van der Waals surface area contributed by atoms with Gasteiger partial charge in [-0.2, -0.15) is 13.2 Å². The summed E-state index contributed by atoms with van der Waals surface area (Å²) in [4.78, 5) is 18.9. The number of aryl methyl sites for hydroxylation is 3. The molecule has 3 aromatic rings. The van der Waals surface area contributed by atoms with Gasteiger partial charge in [-0.3, -0.25) is 9.97 Å². The van der Waals surface area contributed by atoms with Crippen molar-refractivity contribution in [2.24, 2.45) is 5.41 Å². The van der Waals surface area contributed by atoms with E-state index in [-0.39, 0.29) is 31.3 Å². The normalized spacial score (nSPS) is 30.6. The van der Waals surface area contributed by atoms with Crippen LogP contribution in [-0.4, -0.2) is 32.7 Å². The van der Waals surface area contributed by atoms with E-state index in [1.54, 1.807) is 6.20 Å². The Hall–Kier alpha value is -2.61. The molecule has 1 saturated heterocycles. The summed E-state index contributed by atoms with van der Waals surface area (Å²) in [5.74, 6) is 0.141. The summed E-state index contributed by atoms with van der Waals surface area (Å²) in [5, 5.41) is 0. The Morgan fingerprint density at radius 3 is 2.44 bits per heavy atom. The largest absolute Gasteiger partial charge is 0.394 e. The number of alkyl halides is 3. The molecule has 34 heavy (non-hydrogen) atoms. The monoisotopic (exact) mass is 468 g/mol. The first-order chi connectivity index (χ1) is 16.1. The highest BCUT2D eigenvalue weighted by Crippen LogP contribution is 2.78. The topological polar surface area (TPSA) is 60.8 Å². The number of rotatable bonds is 3. The van der Waals surface area contributed by atoms with Gasteiger partial charge in [0.25, 0.3) is 0 Å². The minimum Gasteiger partial charge on any atom is -0.373 e. The Kier molecular flexibility index (Phi) is 4.63. The van der Waals surface area contributed by atoms with Gasteiger partial charge in [0.15, 0.2) is 0 Å². The van der Waals surface area contributed by atoms with E-state index in [9.17, 15) is 13.2 Å². The molecule has 7 rings (SSSR count). The zero-order valence-corrected chi connectivity index (χ0v) is 19.5. The number of hydrogen-bond donors (Lipinski definition) is 0. The van der Waals surface area contributed by atoms with E-state index in [0.29, 0.717) is 17.8 Å². The lowest BCUT2D eigenvalue weighted by molar-refractivity contribution is -0.337. The predicted molar refractivity (Wildman–Crippen MR) is 120 cm³/mol. The molecule has 2 atom stereocenters. The molecule has 0 N–H and O–H groups in total. The molecule has 4 aliphatic rings. The first kappa shape index (κ1) is 21.9. The molecule has 3 aromatic heterocycles.